The van der Waals surface area contributed by atoms with Gasteiger partial charge in [-0.25, -0.2) is 8.42 Å². The van der Waals surface area contributed by atoms with Gasteiger partial charge in [0.25, 0.3) is 0 Å². The maximum absolute atomic E-state index is 12.5. The number of sulfone groups is 1. The second kappa shape index (κ2) is 5.74. The Hall–Kier alpha value is -1.36. The molecule has 0 N–H and O–H groups in total. The fourth-order valence-electron chi connectivity index (χ4n) is 1.90. The normalized spacial score (nSPS) is 12.2. The van der Waals surface area contributed by atoms with Gasteiger partial charge in [0, 0.05) is 6.42 Å². The van der Waals surface area contributed by atoms with Crippen molar-refractivity contribution in [3.8, 4) is 5.75 Å². The van der Waals surface area contributed by atoms with E-state index < -0.39 is 14.6 Å². The van der Waals surface area contributed by atoms with Crippen LogP contribution in [0.5, 0.6) is 5.75 Å². The first kappa shape index (κ1) is 15.7. The van der Waals surface area contributed by atoms with Crippen molar-refractivity contribution < 1.29 is 17.9 Å². The fraction of sp³-hybridized carbons (Fsp3) is 0.500. The van der Waals surface area contributed by atoms with Crippen molar-refractivity contribution in [2.24, 2.45) is 0 Å². The molecule has 4 nitrogen and oxygen atoms in total. The Morgan fingerprint density at radius 2 is 1.74 bits per heavy atom. The molecule has 0 aliphatic rings. The van der Waals surface area contributed by atoms with Crippen LogP contribution in [0.2, 0.25) is 0 Å². The number of rotatable bonds is 6. The number of hydrogen-bond donors (Lipinski definition) is 0. The van der Waals surface area contributed by atoms with Gasteiger partial charge in [-0.3, -0.25) is 4.79 Å². The third-order valence-corrected chi connectivity index (χ3v) is 5.34. The standard InChI is InChI=1S/C14H20O4S/c1-5-18-12-6-8-13(9-7-12)19(16,17)14(3,4)10-11(2)15/h6-9H,5,10H2,1-4H3. The maximum atomic E-state index is 12.5. The molecule has 0 saturated heterocycles. The van der Waals surface area contributed by atoms with Crippen LogP contribution in [-0.2, 0) is 14.6 Å². The molecule has 0 bridgehead atoms. The van der Waals surface area contributed by atoms with Crippen molar-refractivity contribution >= 4 is 15.6 Å². The molecule has 0 aliphatic carbocycles. The highest BCUT2D eigenvalue weighted by atomic mass is 32.2. The van der Waals surface area contributed by atoms with Crippen LogP contribution in [0.4, 0.5) is 0 Å². The van der Waals surface area contributed by atoms with Gasteiger partial charge in [0.1, 0.15) is 11.5 Å². The van der Waals surface area contributed by atoms with Gasteiger partial charge in [-0.15, -0.1) is 0 Å². The molecule has 0 atom stereocenters. The molecule has 19 heavy (non-hydrogen) atoms. The molecule has 0 aromatic heterocycles. The van der Waals surface area contributed by atoms with Crippen molar-refractivity contribution in [1.82, 2.24) is 0 Å². The van der Waals surface area contributed by atoms with E-state index in [1.807, 2.05) is 6.92 Å². The summed E-state index contributed by atoms with van der Waals surface area (Å²) >= 11 is 0. The number of benzene rings is 1. The molecule has 1 aromatic carbocycles. The van der Waals surface area contributed by atoms with Crippen molar-refractivity contribution in [1.29, 1.82) is 0 Å². The highest BCUT2D eigenvalue weighted by Gasteiger charge is 2.36. The summed E-state index contributed by atoms with van der Waals surface area (Å²) in [6.07, 6.45) is 0.00252. The van der Waals surface area contributed by atoms with E-state index in [9.17, 15) is 13.2 Å². The molecule has 1 aromatic rings. The number of carbonyl (C=O) groups excluding carboxylic acids is 1. The average Bonchev–Trinajstić information content (AvgIpc) is 2.28. The van der Waals surface area contributed by atoms with E-state index in [0.29, 0.717) is 12.4 Å². The molecule has 0 spiro atoms. The maximum Gasteiger partial charge on any atom is 0.183 e. The molecule has 0 saturated carbocycles. The molecular weight excluding hydrogens is 264 g/mol. The summed E-state index contributed by atoms with van der Waals surface area (Å²) in [5, 5.41) is 0. The number of carbonyl (C=O) groups is 1. The monoisotopic (exact) mass is 284 g/mol. The zero-order valence-corrected chi connectivity index (χ0v) is 12.6. The lowest BCUT2D eigenvalue weighted by molar-refractivity contribution is -0.117. The van der Waals surface area contributed by atoms with Crippen molar-refractivity contribution in [2.75, 3.05) is 6.61 Å². The Bertz CT molecular complexity index is 541. The molecule has 0 fully saturated rings. The average molecular weight is 284 g/mol. The Balaban J connectivity index is 3.09. The Labute approximate surface area is 114 Å². The molecule has 106 valence electrons. The van der Waals surface area contributed by atoms with Gasteiger partial charge in [-0.2, -0.15) is 0 Å². The number of ether oxygens (including phenoxy) is 1. The zero-order valence-electron chi connectivity index (χ0n) is 11.8. The predicted octanol–water partition coefficient (Wildman–Crippen LogP) is 2.62. The molecule has 0 aliphatic heterocycles. The smallest absolute Gasteiger partial charge is 0.183 e. The predicted molar refractivity (Wildman–Crippen MR) is 74.2 cm³/mol. The van der Waals surface area contributed by atoms with Crippen LogP contribution >= 0.6 is 0 Å². The highest BCUT2D eigenvalue weighted by Crippen LogP contribution is 2.29. The van der Waals surface area contributed by atoms with E-state index in [4.69, 9.17) is 4.74 Å². The summed E-state index contributed by atoms with van der Waals surface area (Å²) in [6, 6.07) is 6.28. The van der Waals surface area contributed by atoms with Gasteiger partial charge in [-0.1, -0.05) is 0 Å². The first-order valence-corrected chi connectivity index (χ1v) is 7.66. The van der Waals surface area contributed by atoms with E-state index in [-0.39, 0.29) is 17.1 Å². The Morgan fingerprint density at radius 3 is 2.16 bits per heavy atom. The number of Topliss-reactive ketones (excluding diaryl/α,β-unsaturated/α-hetero) is 1. The first-order valence-electron chi connectivity index (χ1n) is 6.17. The lowest BCUT2D eigenvalue weighted by Gasteiger charge is -2.23. The van der Waals surface area contributed by atoms with Gasteiger partial charge in [-0.05, 0) is 52.0 Å². The number of ketones is 1. The Morgan fingerprint density at radius 1 is 1.21 bits per heavy atom. The van der Waals surface area contributed by atoms with Gasteiger partial charge in [0.15, 0.2) is 9.84 Å². The van der Waals surface area contributed by atoms with E-state index in [0.717, 1.165) is 0 Å². The summed E-state index contributed by atoms with van der Waals surface area (Å²) in [4.78, 5) is 11.4. The minimum atomic E-state index is -3.54. The summed E-state index contributed by atoms with van der Waals surface area (Å²) in [5.41, 5.74) is 0. The van der Waals surface area contributed by atoms with Crippen LogP contribution in [-0.4, -0.2) is 25.6 Å². The van der Waals surface area contributed by atoms with E-state index in [1.54, 1.807) is 26.0 Å². The highest BCUT2D eigenvalue weighted by molar-refractivity contribution is 7.92. The Kier molecular flexibility index (Phi) is 4.74. The van der Waals surface area contributed by atoms with E-state index in [1.165, 1.54) is 19.1 Å². The molecule has 0 unspecified atom stereocenters. The quantitative estimate of drug-likeness (QED) is 0.805. The van der Waals surface area contributed by atoms with Crippen LogP contribution in [0, 0.1) is 0 Å². The van der Waals surface area contributed by atoms with Gasteiger partial charge in [0.2, 0.25) is 0 Å². The van der Waals surface area contributed by atoms with Gasteiger partial charge in [0.05, 0.1) is 16.2 Å². The van der Waals surface area contributed by atoms with Gasteiger partial charge < -0.3 is 4.74 Å². The lowest BCUT2D eigenvalue weighted by atomic mass is 10.1. The van der Waals surface area contributed by atoms with Crippen molar-refractivity contribution in [3.63, 3.8) is 0 Å². The van der Waals surface area contributed by atoms with Crippen LogP contribution in [0.15, 0.2) is 29.2 Å². The van der Waals surface area contributed by atoms with Crippen LogP contribution < -0.4 is 4.74 Å². The lowest BCUT2D eigenvalue weighted by Crippen LogP contribution is -2.34. The summed E-state index contributed by atoms with van der Waals surface area (Å²) in [5.74, 6) is 0.491. The third kappa shape index (κ3) is 3.56. The second-order valence-electron chi connectivity index (χ2n) is 5.05. The van der Waals surface area contributed by atoms with Crippen molar-refractivity contribution in [2.45, 2.75) is 43.8 Å². The molecule has 0 amide bonds. The molecular formula is C14H20O4S. The molecule has 0 heterocycles. The second-order valence-corrected chi connectivity index (χ2v) is 7.63. The summed E-state index contributed by atoms with van der Waals surface area (Å²) < 4.78 is 29.1. The summed E-state index contributed by atoms with van der Waals surface area (Å²) in [6.45, 7) is 6.93. The minimum absolute atomic E-state index is 0.00252. The SMILES string of the molecule is CCOc1ccc(S(=O)(=O)C(C)(C)CC(C)=O)cc1. The van der Waals surface area contributed by atoms with Crippen LogP contribution in [0.25, 0.3) is 0 Å². The molecule has 0 radical (unpaired) electrons. The van der Waals surface area contributed by atoms with Gasteiger partial charge >= 0.3 is 0 Å². The zero-order chi connectivity index (χ0) is 14.7. The third-order valence-electron chi connectivity index (χ3n) is 2.85. The summed E-state index contributed by atoms with van der Waals surface area (Å²) in [7, 11) is -3.54. The topological polar surface area (TPSA) is 60.4 Å². The van der Waals surface area contributed by atoms with Crippen molar-refractivity contribution in [3.05, 3.63) is 24.3 Å². The number of hydrogen-bond acceptors (Lipinski definition) is 4. The van der Waals surface area contributed by atoms with E-state index in [2.05, 4.69) is 0 Å². The van der Waals surface area contributed by atoms with E-state index >= 15 is 0 Å². The van der Waals surface area contributed by atoms with Crippen LogP contribution in [0.3, 0.4) is 0 Å². The largest absolute Gasteiger partial charge is 0.494 e. The van der Waals surface area contributed by atoms with Crippen LogP contribution in [0.1, 0.15) is 34.1 Å². The fourth-order valence-corrected chi connectivity index (χ4v) is 3.42. The molecule has 5 heteroatoms. The molecule has 1 rings (SSSR count). The first-order chi connectivity index (χ1) is 8.70. The minimum Gasteiger partial charge on any atom is -0.494 e.